The lowest BCUT2D eigenvalue weighted by molar-refractivity contribution is 0.297. The lowest BCUT2D eigenvalue weighted by Gasteiger charge is -2.11. The van der Waals surface area contributed by atoms with E-state index in [1.807, 2.05) is 19.2 Å². The van der Waals surface area contributed by atoms with E-state index in [-0.39, 0.29) is 0 Å². The summed E-state index contributed by atoms with van der Waals surface area (Å²) in [6.45, 7) is 2.55. The van der Waals surface area contributed by atoms with Crippen LogP contribution in [-0.2, 0) is 20.1 Å². The second-order valence-electron chi connectivity index (χ2n) is 4.89. The molecule has 3 rings (SSSR count). The normalized spacial score (nSPS) is 14.0. The average Bonchev–Trinajstić information content (AvgIpc) is 2.73. The van der Waals surface area contributed by atoms with E-state index in [1.54, 1.807) is 11.0 Å². The van der Waals surface area contributed by atoms with E-state index < -0.39 is 0 Å². The van der Waals surface area contributed by atoms with Gasteiger partial charge < -0.3 is 14.8 Å². The minimum absolute atomic E-state index is 0.585. The quantitative estimate of drug-likeness (QED) is 0.935. The summed E-state index contributed by atoms with van der Waals surface area (Å²) in [5, 5.41) is 8.09. The van der Waals surface area contributed by atoms with Gasteiger partial charge in [-0.1, -0.05) is 11.6 Å². The molecule has 1 aromatic carbocycles. The number of ether oxygens (including phenoxy) is 2. The van der Waals surface area contributed by atoms with Crippen LogP contribution in [0, 0.1) is 0 Å². The number of halogens is 1. The molecular formula is C14H17ClN4O2. The maximum Gasteiger partial charge on any atom is 0.179 e. The molecule has 112 valence electrons. The maximum atomic E-state index is 6.26. The SMILES string of the molecule is Cn1cnc(CNCc2cc(Cl)c3c(c2)OCCCO3)n1. The predicted octanol–water partition coefficient (Wildman–Crippen LogP) is 1.92. The van der Waals surface area contributed by atoms with Gasteiger partial charge in [-0.3, -0.25) is 4.68 Å². The van der Waals surface area contributed by atoms with Crippen LogP contribution in [-0.4, -0.2) is 28.0 Å². The molecule has 6 nitrogen and oxygen atoms in total. The third kappa shape index (κ3) is 3.46. The van der Waals surface area contributed by atoms with Crippen molar-refractivity contribution in [3.05, 3.63) is 34.9 Å². The Kier molecular flexibility index (Phi) is 4.26. The number of aromatic nitrogens is 3. The third-order valence-corrected chi connectivity index (χ3v) is 3.40. The molecule has 0 spiro atoms. The first-order valence-electron chi connectivity index (χ1n) is 6.85. The second kappa shape index (κ2) is 6.32. The van der Waals surface area contributed by atoms with E-state index in [9.17, 15) is 0 Å². The molecule has 7 heteroatoms. The fourth-order valence-corrected chi connectivity index (χ4v) is 2.46. The maximum absolute atomic E-state index is 6.26. The van der Waals surface area contributed by atoms with Gasteiger partial charge in [-0.15, -0.1) is 0 Å². The van der Waals surface area contributed by atoms with Gasteiger partial charge in [0.2, 0.25) is 0 Å². The van der Waals surface area contributed by atoms with Crippen LogP contribution in [0.15, 0.2) is 18.5 Å². The molecule has 21 heavy (non-hydrogen) atoms. The summed E-state index contributed by atoms with van der Waals surface area (Å²) in [6.07, 6.45) is 2.55. The second-order valence-corrected chi connectivity index (χ2v) is 5.30. The number of fused-ring (bicyclic) bond motifs is 1. The fourth-order valence-electron chi connectivity index (χ4n) is 2.17. The Bertz CT molecular complexity index is 629. The molecule has 1 N–H and O–H groups in total. The molecule has 1 aliphatic rings. The Hall–Kier alpha value is -1.79. The highest BCUT2D eigenvalue weighted by Crippen LogP contribution is 2.37. The van der Waals surface area contributed by atoms with Gasteiger partial charge in [0.05, 0.1) is 24.8 Å². The summed E-state index contributed by atoms with van der Waals surface area (Å²) in [5.41, 5.74) is 1.04. The van der Waals surface area contributed by atoms with Crippen molar-refractivity contribution in [3.63, 3.8) is 0 Å². The molecule has 0 aliphatic carbocycles. The van der Waals surface area contributed by atoms with Gasteiger partial charge in [0.25, 0.3) is 0 Å². The number of benzene rings is 1. The molecule has 0 radical (unpaired) electrons. The van der Waals surface area contributed by atoms with Crippen molar-refractivity contribution in [3.8, 4) is 11.5 Å². The van der Waals surface area contributed by atoms with E-state index in [1.165, 1.54) is 0 Å². The van der Waals surface area contributed by atoms with E-state index in [0.29, 0.717) is 42.8 Å². The monoisotopic (exact) mass is 308 g/mol. The fraction of sp³-hybridized carbons (Fsp3) is 0.429. The highest BCUT2D eigenvalue weighted by Gasteiger charge is 2.15. The Morgan fingerprint density at radius 1 is 1.29 bits per heavy atom. The molecule has 0 bridgehead atoms. The highest BCUT2D eigenvalue weighted by molar-refractivity contribution is 6.32. The molecule has 0 saturated carbocycles. The summed E-state index contributed by atoms with van der Waals surface area (Å²) < 4.78 is 13.0. The average molecular weight is 309 g/mol. The van der Waals surface area contributed by atoms with Gasteiger partial charge in [0.15, 0.2) is 17.3 Å². The van der Waals surface area contributed by atoms with Gasteiger partial charge in [0, 0.05) is 20.0 Å². The van der Waals surface area contributed by atoms with E-state index in [2.05, 4.69) is 15.4 Å². The molecule has 1 aliphatic heterocycles. The summed E-state index contributed by atoms with van der Waals surface area (Å²) in [4.78, 5) is 4.17. The molecule has 2 aromatic rings. The van der Waals surface area contributed by atoms with Gasteiger partial charge in [0.1, 0.15) is 6.33 Å². The first kappa shape index (κ1) is 14.2. The summed E-state index contributed by atoms with van der Waals surface area (Å²) >= 11 is 6.26. The number of rotatable bonds is 4. The zero-order valence-corrected chi connectivity index (χ0v) is 12.6. The Labute approximate surface area is 128 Å². The van der Waals surface area contributed by atoms with Gasteiger partial charge in [-0.25, -0.2) is 4.98 Å². The topological polar surface area (TPSA) is 61.2 Å². The first-order chi connectivity index (χ1) is 10.2. The van der Waals surface area contributed by atoms with Crippen LogP contribution in [0.4, 0.5) is 0 Å². The summed E-state index contributed by atoms with van der Waals surface area (Å²) in [6, 6.07) is 3.86. The van der Waals surface area contributed by atoms with E-state index in [0.717, 1.165) is 17.8 Å². The number of hydrogen-bond acceptors (Lipinski definition) is 5. The van der Waals surface area contributed by atoms with Crippen LogP contribution in [0.1, 0.15) is 17.8 Å². The zero-order valence-electron chi connectivity index (χ0n) is 11.8. The minimum Gasteiger partial charge on any atom is -0.489 e. The number of nitrogens with one attached hydrogen (secondary N) is 1. The van der Waals surface area contributed by atoms with Crippen molar-refractivity contribution in [2.75, 3.05) is 13.2 Å². The Morgan fingerprint density at radius 2 is 2.14 bits per heavy atom. The van der Waals surface area contributed by atoms with Crippen molar-refractivity contribution in [2.45, 2.75) is 19.5 Å². The van der Waals surface area contributed by atoms with Crippen molar-refractivity contribution in [1.82, 2.24) is 20.1 Å². The van der Waals surface area contributed by atoms with Crippen LogP contribution in [0.5, 0.6) is 11.5 Å². The molecule has 0 fully saturated rings. The van der Waals surface area contributed by atoms with Crippen LogP contribution in [0.25, 0.3) is 0 Å². The van der Waals surface area contributed by atoms with Crippen LogP contribution < -0.4 is 14.8 Å². The van der Waals surface area contributed by atoms with Gasteiger partial charge >= 0.3 is 0 Å². The van der Waals surface area contributed by atoms with Crippen LogP contribution in [0.3, 0.4) is 0 Å². The molecular weight excluding hydrogens is 292 g/mol. The molecule has 0 amide bonds. The smallest absolute Gasteiger partial charge is 0.179 e. The van der Waals surface area contributed by atoms with Crippen molar-refractivity contribution in [1.29, 1.82) is 0 Å². The number of hydrogen-bond donors (Lipinski definition) is 1. The number of nitrogens with zero attached hydrogens (tertiary/aromatic N) is 3. The standard InChI is InChI=1S/C14H17ClN4O2/c1-19-9-17-13(18-19)8-16-7-10-5-11(15)14-12(6-10)20-3-2-4-21-14/h5-6,9,16H,2-4,7-8H2,1H3. The highest BCUT2D eigenvalue weighted by atomic mass is 35.5. The zero-order chi connectivity index (χ0) is 14.7. The molecule has 2 heterocycles. The first-order valence-corrected chi connectivity index (χ1v) is 7.23. The van der Waals surface area contributed by atoms with Gasteiger partial charge in [-0.05, 0) is 17.7 Å². The predicted molar refractivity (Wildman–Crippen MR) is 78.6 cm³/mol. The lowest BCUT2D eigenvalue weighted by Crippen LogP contribution is -2.14. The van der Waals surface area contributed by atoms with Crippen molar-refractivity contribution < 1.29 is 9.47 Å². The van der Waals surface area contributed by atoms with Crippen LogP contribution in [0.2, 0.25) is 5.02 Å². The Balaban J connectivity index is 1.65. The lowest BCUT2D eigenvalue weighted by atomic mass is 10.2. The summed E-state index contributed by atoms with van der Waals surface area (Å²) in [7, 11) is 1.85. The van der Waals surface area contributed by atoms with E-state index >= 15 is 0 Å². The number of aryl methyl sites for hydroxylation is 1. The third-order valence-electron chi connectivity index (χ3n) is 3.12. The minimum atomic E-state index is 0.585. The summed E-state index contributed by atoms with van der Waals surface area (Å²) in [5.74, 6) is 2.12. The Morgan fingerprint density at radius 3 is 2.95 bits per heavy atom. The molecule has 0 saturated heterocycles. The largest absolute Gasteiger partial charge is 0.489 e. The van der Waals surface area contributed by atoms with Gasteiger partial charge in [-0.2, -0.15) is 5.10 Å². The van der Waals surface area contributed by atoms with E-state index in [4.69, 9.17) is 21.1 Å². The van der Waals surface area contributed by atoms with Crippen molar-refractivity contribution in [2.24, 2.45) is 7.05 Å². The molecule has 1 aromatic heterocycles. The van der Waals surface area contributed by atoms with Crippen molar-refractivity contribution >= 4 is 11.6 Å². The van der Waals surface area contributed by atoms with Crippen LogP contribution >= 0.6 is 11.6 Å². The molecule has 0 atom stereocenters. The molecule has 0 unspecified atom stereocenters.